The Labute approximate surface area is 118 Å². The molecule has 0 saturated carbocycles. The quantitative estimate of drug-likeness (QED) is 0.748. The number of hydrogen-bond acceptors (Lipinski definition) is 3. The van der Waals surface area contributed by atoms with E-state index in [0.717, 1.165) is 36.3 Å². The monoisotopic (exact) mass is 315 g/mol. The van der Waals surface area contributed by atoms with Crippen molar-refractivity contribution in [2.45, 2.75) is 13.3 Å². The van der Waals surface area contributed by atoms with Crippen molar-refractivity contribution in [3.63, 3.8) is 0 Å². The fourth-order valence-electron chi connectivity index (χ4n) is 1.83. The van der Waals surface area contributed by atoms with Crippen LogP contribution in [0.3, 0.4) is 0 Å². The van der Waals surface area contributed by atoms with Crippen LogP contribution in [0.1, 0.15) is 12.5 Å². The Bertz CT molecular complexity index is 358. The molecule has 0 aromatic heterocycles. The lowest BCUT2D eigenvalue weighted by Crippen LogP contribution is -2.25. The van der Waals surface area contributed by atoms with E-state index < -0.39 is 0 Å². The summed E-state index contributed by atoms with van der Waals surface area (Å²) < 4.78 is 11.2. The van der Waals surface area contributed by atoms with Crippen molar-refractivity contribution in [3.05, 3.63) is 28.2 Å². The van der Waals surface area contributed by atoms with Crippen LogP contribution in [0.15, 0.2) is 22.7 Å². The zero-order chi connectivity index (χ0) is 13.4. The Morgan fingerprint density at radius 1 is 1.33 bits per heavy atom. The second-order valence-electron chi connectivity index (χ2n) is 4.48. The van der Waals surface area contributed by atoms with Crippen LogP contribution in [-0.2, 0) is 11.2 Å². The van der Waals surface area contributed by atoms with E-state index in [0.29, 0.717) is 5.92 Å². The van der Waals surface area contributed by atoms with Gasteiger partial charge in [0.05, 0.1) is 18.2 Å². The van der Waals surface area contributed by atoms with E-state index in [-0.39, 0.29) is 0 Å². The van der Waals surface area contributed by atoms with E-state index in [4.69, 9.17) is 9.47 Å². The Morgan fingerprint density at radius 2 is 2.11 bits per heavy atom. The van der Waals surface area contributed by atoms with Gasteiger partial charge in [-0.25, -0.2) is 0 Å². The van der Waals surface area contributed by atoms with Gasteiger partial charge in [0.25, 0.3) is 0 Å². The minimum atomic E-state index is 0.599. The van der Waals surface area contributed by atoms with Crippen LogP contribution in [0.4, 0.5) is 0 Å². The summed E-state index contributed by atoms with van der Waals surface area (Å²) >= 11 is 3.51. The van der Waals surface area contributed by atoms with E-state index in [1.165, 1.54) is 5.56 Å². The molecular weight excluding hydrogens is 294 g/mol. The summed E-state index contributed by atoms with van der Waals surface area (Å²) in [6.07, 6.45) is 1.06. The summed E-state index contributed by atoms with van der Waals surface area (Å²) in [4.78, 5) is 0. The van der Waals surface area contributed by atoms with E-state index in [1.54, 1.807) is 14.2 Å². The summed E-state index contributed by atoms with van der Waals surface area (Å²) in [7, 11) is 3.40. The second kappa shape index (κ2) is 8.51. The molecule has 0 saturated heterocycles. The van der Waals surface area contributed by atoms with Crippen molar-refractivity contribution >= 4 is 15.9 Å². The zero-order valence-electron chi connectivity index (χ0n) is 11.3. The van der Waals surface area contributed by atoms with Crippen LogP contribution in [-0.4, -0.2) is 33.9 Å². The smallest absolute Gasteiger partial charge is 0.133 e. The highest BCUT2D eigenvalue weighted by atomic mass is 79.9. The number of rotatable bonds is 8. The Morgan fingerprint density at radius 3 is 2.72 bits per heavy atom. The standard InChI is InChI=1S/C14H22BrNO2/c1-11(10-16-6-7-17-2)8-12-4-5-14(18-3)13(15)9-12/h4-5,9,11,16H,6-8,10H2,1-3H3. The molecule has 0 amide bonds. The SMILES string of the molecule is COCCNCC(C)Cc1ccc(OC)c(Br)c1. The van der Waals surface area contributed by atoms with Gasteiger partial charge in [-0.1, -0.05) is 13.0 Å². The van der Waals surface area contributed by atoms with Gasteiger partial charge in [-0.3, -0.25) is 0 Å². The molecule has 1 atom stereocenters. The molecule has 0 bridgehead atoms. The fraction of sp³-hybridized carbons (Fsp3) is 0.571. The molecule has 1 aromatic rings. The van der Waals surface area contributed by atoms with Gasteiger partial charge in [-0.2, -0.15) is 0 Å². The molecule has 0 spiro atoms. The van der Waals surface area contributed by atoms with Gasteiger partial charge in [0.2, 0.25) is 0 Å². The normalized spacial score (nSPS) is 12.4. The van der Waals surface area contributed by atoms with E-state index in [1.807, 2.05) is 6.07 Å². The van der Waals surface area contributed by atoms with E-state index in [9.17, 15) is 0 Å². The van der Waals surface area contributed by atoms with Crippen molar-refractivity contribution < 1.29 is 9.47 Å². The lowest BCUT2D eigenvalue weighted by Gasteiger charge is -2.13. The van der Waals surface area contributed by atoms with Crippen molar-refractivity contribution in [3.8, 4) is 5.75 Å². The lowest BCUT2D eigenvalue weighted by atomic mass is 10.0. The minimum absolute atomic E-state index is 0.599. The summed E-state index contributed by atoms with van der Waals surface area (Å²) in [6, 6.07) is 6.25. The van der Waals surface area contributed by atoms with Crippen LogP contribution in [0, 0.1) is 5.92 Å². The maximum absolute atomic E-state index is 5.22. The zero-order valence-corrected chi connectivity index (χ0v) is 12.9. The molecule has 1 rings (SSSR count). The predicted octanol–water partition coefficient (Wildman–Crippen LogP) is 2.87. The first-order valence-electron chi connectivity index (χ1n) is 6.19. The van der Waals surface area contributed by atoms with Gasteiger partial charge in [-0.05, 0) is 52.5 Å². The van der Waals surface area contributed by atoms with Gasteiger partial charge in [0, 0.05) is 13.7 Å². The maximum atomic E-state index is 5.22. The third-order valence-corrected chi connectivity index (χ3v) is 3.40. The Kier molecular flexibility index (Phi) is 7.32. The van der Waals surface area contributed by atoms with Crippen molar-refractivity contribution in [1.82, 2.24) is 5.32 Å². The number of halogens is 1. The van der Waals surface area contributed by atoms with Gasteiger partial charge in [-0.15, -0.1) is 0 Å². The highest BCUT2D eigenvalue weighted by molar-refractivity contribution is 9.10. The van der Waals surface area contributed by atoms with Gasteiger partial charge in [0.15, 0.2) is 0 Å². The lowest BCUT2D eigenvalue weighted by molar-refractivity contribution is 0.198. The van der Waals surface area contributed by atoms with Crippen LogP contribution in [0.5, 0.6) is 5.75 Å². The molecule has 0 aliphatic carbocycles. The topological polar surface area (TPSA) is 30.5 Å². The van der Waals surface area contributed by atoms with Crippen molar-refractivity contribution in [1.29, 1.82) is 0 Å². The van der Waals surface area contributed by atoms with E-state index in [2.05, 4.69) is 40.3 Å². The highest BCUT2D eigenvalue weighted by Gasteiger charge is 2.06. The van der Waals surface area contributed by atoms with Crippen LogP contribution >= 0.6 is 15.9 Å². The number of nitrogens with one attached hydrogen (secondary N) is 1. The molecule has 0 radical (unpaired) electrons. The van der Waals surface area contributed by atoms with Crippen molar-refractivity contribution in [2.75, 3.05) is 33.9 Å². The third-order valence-electron chi connectivity index (χ3n) is 2.78. The first kappa shape index (κ1) is 15.5. The molecule has 0 aliphatic rings. The molecule has 0 aliphatic heterocycles. The maximum Gasteiger partial charge on any atom is 0.133 e. The molecule has 0 heterocycles. The summed E-state index contributed by atoms with van der Waals surface area (Å²) in [5.74, 6) is 1.48. The van der Waals surface area contributed by atoms with Gasteiger partial charge < -0.3 is 14.8 Å². The van der Waals surface area contributed by atoms with Crippen LogP contribution < -0.4 is 10.1 Å². The summed E-state index contributed by atoms with van der Waals surface area (Å²) in [6.45, 7) is 4.93. The Balaban J connectivity index is 2.39. The molecule has 4 heteroatoms. The highest BCUT2D eigenvalue weighted by Crippen LogP contribution is 2.26. The van der Waals surface area contributed by atoms with Gasteiger partial charge >= 0.3 is 0 Å². The molecule has 1 aromatic carbocycles. The van der Waals surface area contributed by atoms with Crippen LogP contribution in [0.2, 0.25) is 0 Å². The molecule has 1 unspecified atom stereocenters. The largest absolute Gasteiger partial charge is 0.496 e. The second-order valence-corrected chi connectivity index (χ2v) is 5.33. The fourth-order valence-corrected chi connectivity index (χ4v) is 2.42. The molecular formula is C14H22BrNO2. The summed E-state index contributed by atoms with van der Waals surface area (Å²) in [5, 5.41) is 3.38. The predicted molar refractivity (Wildman–Crippen MR) is 78.3 cm³/mol. The molecule has 0 fully saturated rings. The molecule has 3 nitrogen and oxygen atoms in total. The Hall–Kier alpha value is -0.580. The number of ether oxygens (including phenoxy) is 2. The molecule has 18 heavy (non-hydrogen) atoms. The third kappa shape index (κ3) is 5.38. The minimum Gasteiger partial charge on any atom is -0.496 e. The van der Waals surface area contributed by atoms with E-state index >= 15 is 0 Å². The average Bonchev–Trinajstić information content (AvgIpc) is 2.35. The number of methoxy groups -OCH3 is 2. The molecule has 1 N–H and O–H groups in total. The van der Waals surface area contributed by atoms with Gasteiger partial charge in [0.1, 0.15) is 5.75 Å². The number of hydrogen-bond donors (Lipinski definition) is 1. The number of benzene rings is 1. The molecule has 102 valence electrons. The first-order chi connectivity index (χ1) is 8.67. The summed E-state index contributed by atoms with van der Waals surface area (Å²) in [5.41, 5.74) is 1.32. The van der Waals surface area contributed by atoms with Crippen LogP contribution in [0.25, 0.3) is 0 Å². The average molecular weight is 316 g/mol. The first-order valence-corrected chi connectivity index (χ1v) is 6.98. The van der Waals surface area contributed by atoms with Crippen molar-refractivity contribution in [2.24, 2.45) is 5.92 Å².